The van der Waals surface area contributed by atoms with Crippen molar-refractivity contribution in [3.05, 3.63) is 52.8 Å². The number of aromatic nitrogens is 2. The van der Waals surface area contributed by atoms with Crippen LogP contribution < -0.4 is 0 Å². The van der Waals surface area contributed by atoms with Crippen LogP contribution in [0.15, 0.2) is 35.7 Å². The summed E-state index contributed by atoms with van der Waals surface area (Å²) in [5, 5.41) is 7.89. The van der Waals surface area contributed by atoms with E-state index in [-0.39, 0.29) is 17.0 Å². The number of fused-ring (bicyclic) bond motifs is 4. The number of halogens is 1. The summed E-state index contributed by atoms with van der Waals surface area (Å²) in [4.78, 5) is 0.288. The van der Waals surface area contributed by atoms with Gasteiger partial charge in [0.2, 0.25) is 10.0 Å². The first kappa shape index (κ1) is 15.9. The molecule has 24 heavy (non-hydrogen) atoms. The van der Waals surface area contributed by atoms with Gasteiger partial charge in [0.15, 0.2) is 0 Å². The van der Waals surface area contributed by atoms with E-state index in [1.807, 2.05) is 0 Å². The van der Waals surface area contributed by atoms with Crippen molar-refractivity contribution >= 4 is 27.7 Å². The standard InChI is InChI=1S/C17H18ClN3O2S/c1-2-14-17-15(20-19-14)10-12-4-3-5-16(17)21(12)24(22,23)13-8-6-11(18)7-9-13/h2,6-9,12,16H,1,3-5,10H2,(H,19,20). The number of hydrogen-bond acceptors (Lipinski definition) is 3. The van der Waals surface area contributed by atoms with E-state index in [4.69, 9.17) is 11.6 Å². The van der Waals surface area contributed by atoms with Gasteiger partial charge in [0, 0.05) is 28.7 Å². The fourth-order valence-electron chi connectivity index (χ4n) is 3.93. The number of hydrogen-bond donors (Lipinski definition) is 1. The van der Waals surface area contributed by atoms with Crippen molar-refractivity contribution in [3.63, 3.8) is 0 Å². The van der Waals surface area contributed by atoms with E-state index in [2.05, 4.69) is 16.8 Å². The summed E-state index contributed by atoms with van der Waals surface area (Å²) in [6.45, 7) is 3.81. The molecule has 7 heteroatoms. The lowest BCUT2D eigenvalue weighted by Crippen LogP contribution is -2.49. The molecular weight excluding hydrogens is 346 g/mol. The zero-order chi connectivity index (χ0) is 16.9. The Labute approximate surface area is 146 Å². The Kier molecular flexibility index (Phi) is 3.78. The fraction of sp³-hybridized carbons (Fsp3) is 0.353. The molecule has 2 aliphatic heterocycles. The van der Waals surface area contributed by atoms with Crippen LogP contribution in [0, 0.1) is 0 Å². The summed E-state index contributed by atoms with van der Waals surface area (Å²) >= 11 is 5.90. The van der Waals surface area contributed by atoms with Gasteiger partial charge in [0.25, 0.3) is 0 Å². The van der Waals surface area contributed by atoms with Crippen LogP contribution in [0.4, 0.5) is 0 Å². The number of benzene rings is 1. The molecule has 1 saturated heterocycles. The molecule has 1 aromatic carbocycles. The highest BCUT2D eigenvalue weighted by Gasteiger charge is 2.46. The summed E-state index contributed by atoms with van der Waals surface area (Å²) in [7, 11) is -3.58. The highest BCUT2D eigenvalue weighted by molar-refractivity contribution is 7.89. The van der Waals surface area contributed by atoms with E-state index in [0.717, 1.165) is 36.2 Å². The maximum atomic E-state index is 13.3. The van der Waals surface area contributed by atoms with Crippen molar-refractivity contribution in [1.82, 2.24) is 14.5 Å². The molecule has 2 bridgehead atoms. The normalized spacial score (nSPS) is 23.7. The van der Waals surface area contributed by atoms with E-state index in [0.29, 0.717) is 11.4 Å². The van der Waals surface area contributed by atoms with Crippen molar-refractivity contribution in [2.75, 3.05) is 0 Å². The SMILES string of the molecule is C=Cc1n[nH]c2c1C1CCCC(C2)N1S(=O)(=O)c1ccc(Cl)cc1. The number of nitrogens with zero attached hydrogens (tertiary/aromatic N) is 2. The number of H-pyrrole nitrogens is 1. The Bertz CT molecular complexity index is 889. The molecule has 1 N–H and O–H groups in total. The maximum absolute atomic E-state index is 13.3. The van der Waals surface area contributed by atoms with Crippen LogP contribution >= 0.6 is 11.6 Å². The second-order valence-corrected chi connectivity index (χ2v) is 8.58. The highest BCUT2D eigenvalue weighted by atomic mass is 35.5. The molecule has 126 valence electrons. The van der Waals surface area contributed by atoms with Crippen LogP contribution in [-0.2, 0) is 16.4 Å². The molecule has 2 aliphatic rings. The molecule has 3 heterocycles. The lowest BCUT2D eigenvalue weighted by molar-refractivity contribution is 0.162. The van der Waals surface area contributed by atoms with Gasteiger partial charge >= 0.3 is 0 Å². The number of nitrogens with one attached hydrogen (secondary N) is 1. The summed E-state index contributed by atoms with van der Waals surface area (Å²) < 4.78 is 28.2. The third kappa shape index (κ3) is 2.32. The molecular formula is C17H18ClN3O2S. The smallest absolute Gasteiger partial charge is 0.243 e. The van der Waals surface area contributed by atoms with Crippen LogP contribution in [0.2, 0.25) is 5.02 Å². The third-order valence-electron chi connectivity index (χ3n) is 4.95. The predicted octanol–water partition coefficient (Wildman–Crippen LogP) is 3.55. The van der Waals surface area contributed by atoms with Gasteiger partial charge in [-0.25, -0.2) is 8.42 Å². The van der Waals surface area contributed by atoms with E-state index in [1.165, 1.54) is 0 Å². The summed E-state index contributed by atoms with van der Waals surface area (Å²) in [5.74, 6) is 0. The van der Waals surface area contributed by atoms with Crippen LogP contribution in [0.5, 0.6) is 0 Å². The fourth-order valence-corrected chi connectivity index (χ4v) is 5.90. The first-order valence-electron chi connectivity index (χ1n) is 8.01. The Morgan fingerprint density at radius 3 is 2.75 bits per heavy atom. The minimum Gasteiger partial charge on any atom is -0.282 e. The highest BCUT2D eigenvalue weighted by Crippen LogP contribution is 2.45. The largest absolute Gasteiger partial charge is 0.282 e. The van der Waals surface area contributed by atoms with Gasteiger partial charge in [-0.3, -0.25) is 5.10 Å². The Morgan fingerprint density at radius 1 is 1.29 bits per heavy atom. The lowest BCUT2D eigenvalue weighted by Gasteiger charge is -2.44. The van der Waals surface area contributed by atoms with Crippen molar-refractivity contribution in [2.24, 2.45) is 0 Å². The maximum Gasteiger partial charge on any atom is 0.243 e. The van der Waals surface area contributed by atoms with Gasteiger partial charge < -0.3 is 0 Å². The number of sulfonamides is 1. The average molecular weight is 364 g/mol. The van der Waals surface area contributed by atoms with Crippen molar-refractivity contribution in [2.45, 2.75) is 42.7 Å². The van der Waals surface area contributed by atoms with E-state index in [9.17, 15) is 8.42 Å². The molecule has 2 atom stereocenters. The molecule has 2 unspecified atom stereocenters. The number of rotatable bonds is 3. The zero-order valence-corrected chi connectivity index (χ0v) is 14.6. The van der Waals surface area contributed by atoms with Gasteiger partial charge in [-0.05, 0) is 49.6 Å². The minimum atomic E-state index is -3.58. The van der Waals surface area contributed by atoms with Crippen molar-refractivity contribution in [1.29, 1.82) is 0 Å². The summed E-state index contributed by atoms with van der Waals surface area (Å²) in [6.07, 6.45) is 5.04. The second kappa shape index (κ2) is 5.72. The molecule has 0 amide bonds. The molecule has 4 rings (SSSR count). The lowest BCUT2D eigenvalue weighted by atomic mass is 9.84. The van der Waals surface area contributed by atoms with Crippen molar-refractivity contribution < 1.29 is 8.42 Å². The first-order valence-corrected chi connectivity index (χ1v) is 9.83. The van der Waals surface area contributed by atoms with Crippen molar-refractivity contribution in [3.8, 4) is 0 Å². The number of aromatic amines is 1. The van der Waals surface area contributed by atoms with E-state index >= 15 is 0 Å². The Morgan fingerprint density at radius 2 is 2.04 bits per heavy atom. The Balaban J connectivity index is 1.83. The van der Waals surface area contributed by atoms with Crippen LogP contribution in [0.1, 0.15) is 42.3 Å². The molecule has 0 aliphatic carbocycles. The average Bonchev–Trinajstić information content (AvgIpc) is 2.97. The minimum absolute atomic E-state index is 0.0324. The van der Waals surface area contributed by atoms with Crippen LogP contribution in [0.3, 0.4) is 0 Å². The summed E-state index contributed by atoms with van der Waals surface area (Å²) in [6, 6.07) is 6.17. The predicted molar refractivity (Wildman–Crippen MR) is 93.2 cm³/mol. The molecule has 0 spiro atoms. The monoisotopic (exact) mass is 363 g/mol. The summed E-state index contributed by atoms with van der Waals surface area (Å²) in [5.41, 5.74) is 2.78. The van der Waals surface area contributed by atoms with Crippen LogP contribution in [0.25, 0.3) is 6.08 Å². The zero-order valence-electron chi connectivity index (χ0n) is 13.1. The molecule has 0 radical (unpaired) electrons. The molecule has 2 aromatic rings. The Hall–Kier alpha value is -1.63. The van der Waals surface area contributed by atoms with Gasteiger partial charge in [-0.2, -0.15) is 9.40 Å². The van der Waals surface area contributed by atoms with Gasteiger partial charge in [-0.15, -0.1) is 0 Å². The van der Waals surface area contributed by atoms with Gasteiger partial charge in [0.05, 0.1) is 16.6 Å². The number of piperidine rings is 1. The second-order valence-electron chi connectivity index (χ2n) is 6.30. The quantitative estimate of drug-likeness (QED) is 0.906. The van der Waals surface area contributed by atoms with Gasteiger partial charge in [0.1, 0.15) is 0 Å². The molecule has 1 fully saturated rings. The molecule has 1 aromatic heterocycles. The molecule has 0 saturated carbocycles. The topological polar surface area (TPSA) is 66.1 Å². The first-order chi connectivity index (χ1) is 11.5. The van der Waals surface area contributed by atoms with Crippen LogP contribution in [-0.4, -0.2) is 29.0 Å². The van der Waals surface area contributed by atoms with E-state index in [1.54, 1.807) is 34.6 Å². The third-order valence-corrected chi connectivity index (χ3v) is 7.18. The molecule has 5 nitrogen and oxygen atoms in total. The van der Waals surface area contributed by atoms with Gasteiger partial charge in [-0.1, -0.05) is 18.2 Å². The van der Waals surface area contributed by atoms with E-state index < -0.39 is 10.0 Å².